The molecule has 0 aliphatic rings. The highest BCUT2D eigenvalue weighted by atomic mass is 16.1. The SMILES string of the molecule is CC(C(N)=O)(c1ccccc1)c1ccncc1. The van der Waals surface area contributed by atoms with Crippen LogP contribution in [0.5, 0.6) is 0 Å². The van der Waals surface area contributed by atoms with Gasteiger partial charge in [0.2, 0.25) is 5.91 Å². The van der Waals surface area contributed by atoms with Gasteiger partial charge in [-0.15, -0.1) is 0 Å². The molecule has 1 aromatic heterocycles. The molecule has 0 saturated carbocycles. The molecule has 17 heavy (non-hydrogen) atoms. The Morgan fingerprint density at radius 1 is 1.06 bits per heavy atom. The largest absolute Gasteiger partial charge is 0.369 e. The summed E-state index contributed by atoms with van der Waals surface area (Å²) in [5.74, 6) is -0.366. The van der Waals surface area contributed by atoms with Gasteiger partial charge in [0.1, 0.15) is 0 Å². The molecule has 2 rings (SSSR count). The lowest BCUT2D eigenvalue weighted by molar-refractivity contribution is -0.121. The zero-order valence-electron chi connectivity index (χ0n) is 9.63. The Labute approximate surface area is 100 Å². The number of aromatic nitrogens is 1. The van der Waals surface area contributed by atoms with Crippen molar-refractivity contribution in [2.75, 3.05) is 0 Å². The van der Waals surface area contributed by atoms with E-state index in [0.717, 1.165) is 11.1 Å². The van der Waals surface area contributed by atoms with E-state index in [9.17, 15) is 4.79 Å². The Balaban J connectivity index is 2.59. The number of hydrogen-bond acceptors (Lipinski definition) is 2. The number of nitrogens with two attached hydrogens (primary N) is 1. The van der Waals surface area contributed by atoms with Crippen LogP contribution in [0.1, 0.15) is 18.1 Å². The fourth-order valence-electron chi connectivity index (χ4n) is 1.91. The number of pyridine rings is 1. The molecule has 3 heteroatoms. The van der Waals surface area contributed by atoms with Crippen molar-refractivity contribution in [3.8, 4) is 0 Å². The van der Waals surface area contributed by atoms with Gasteiger partial charge >= 0.3 is 0 Å². The van der Waals surface area contributed by atoms with Crippen molar-refractivity contribution < 1.29 is 4.79 Å². The second-order valence-corrected chi connectivity index (χ2v) is 4.09. The van der Waals surface area contributed by atoms with Crippen LogP contribution < -0.4 is 5.73 Å². The van der Waals surface area contributed by atoms with E-state index in [2.05, 4.69) is 4.98 Å². The zero-order chi connectivity index (χ0) is 12.3. The highest BCUT2D eigenvalue weighted by molar-refractivity contribution is 5.90. The molecule has 0 bridgehead atoms. The van der Waals surface area contributed by atoms with Crippen molar-refractivity contribution in [3.05, 3.63) is 66.0 Å². The van der Waals surface area contributed by atoms with Gasteiger partial charge in [0.05, 0.1) is 5.41 Å². The fraction of sp³-hybridized carbons (Fsp3) is 0.143. The predicted octanol–water partition coefficient (Wildman–Crippen LogP) is 1.87. The van der Waals surface area contributed by atoms with Gasteiger partial charge in [-0.3, -0.25) is 9.78 Å². The summed E-state index contributed by atoms with van der Waals surface area (Å²) in [6.07, 6.45) is 3.33. The van der Waals surface area contributed by atoms with Crippen LogP contribution in [-0.4, -0.2) is 10.9 Å². The summed E-state index contributed by atoms with van der Waals surface area (Å²) in [4.78, 5) is 15.8. The summed E-state index contributed by atoms with van der Waals surface area (Å²) in [6, 6.07) is 13.2. The molecule has 0 fully saturated rings. The maximum absolute atomic E-state index is 11.8. The van der Waals surface area contributed by atoms with Crippen molar-refractivity contribution in [1.29, 1.82) is 0 Å². The third-order valence-corrected chi connectivity index (χ3v) is 3.10. The monoisotopic (exact) mass is 226 g/mol. The quantitative estimate of drug-likeness (QED) is 0.868. The van der Waals surface area contributed by atoms with Crippen molar-refractivity contribution in [2.24, 2.45) is 5.73 Å². The standard InChI is InChI=1S/C14H14N2O/c1-14(13(15)17,11-5-3-2-4-6-11)12-7-9-16-10-8-12/h2-10H,1H3,(H2,15,17). The molecule has 0 spiro atoms. The minimum atomic E-state index is -0.815. The minimum Gasteiger partial charge on any atom is -0.369 e. The maximum Gasteiger partial charge on any atom is 0.232 e. The second kappa shape index (κ2) is 4.37. The second-order valence-electron chi connectivity index (χ2n) is 4.09. The smallest absolute Gasteiger partial charge is 0.232 e. The van der Waals surface area contributed by atoms with E-state index < -0.39 is 5.41 Å². The number of benzene rings is 1. The molecule has 1 aromatic carbocycles. The summed E-state index contributed by atoms with van der Waals surface area (Å²) in [5, 5.41) is 0. The molecule has 86 valence electrons. The first-order valence-electron chi connectivity index (χ1n) is 5.41. The minimum absolute atomic E-state index is 0.366. The van der Waals surface area contributed by atoms with Gasteiger partial charge in [-0.25, -0.2) is 0 Å². The summed E-state index contributed by atoms with van der Waals surface area (Å²) in [7, 11) is 0. The Kier molecular flexibility index (Phi) is 2.91. The van der Waals surface area contributed by atoms with Crippen LogP contribution >= 0.6 is 0 Å². The van der Waals surface area contributed by atoms with Gasteiger partial charge < -0.3 is 5.73 Å². The predicted molar refractivity (Wildman–Crippen MR) is 66.3 cm³/mol. The summed E-state index contributed by atoms with van der Waals surface area (Å²) < 4.78 is 0. The molecule has 0 saturated heterocycles. The van der Waals surface area contributed by atoms with Crippen LogP contribution in [0.3, 0.4) is 0 Å². The Bertz CT molecular complexity index is 469. The number of carbonyl (C=O) groups is 1. The van der Waals surface area contributed by atoms with Gasteiger partial charge in [-0.05, 0) is 30.2 Å². The molecular formula is C14H14N2O. The first-order valence-corrected chi connectivity index (χ1v) is 5.41. The number of carbonyl (C=O) groups excluding carboxylic acids is 1. The lowest BCUT2D eigenvalue weighted by Crippen LogP contribution is -2.39. The first kappa shape index (κ1) is 11.3. The van der Waals surface area contributed by atoms with Gasteiger partial charge in [0.25, 0.3) is 0 Å². The average molecular weight is 226 g/mol. The molecular weight excluding hydrogens is 212 g/mol. The number of rotatable bonds is 3. The van der Waals surface area contributed by atoms with E-state index in [1.165, 1.54) is 0 Å². The average Bonchev–Trinajstić information content (AvgIpc) is 2.39. The van der Waals surface area contributed by atoms with E-state index in [1.807, 2.05) is 49.4 Å². The van der Waals surface area contributed by atoms with Gasteiger partial charge in [-0.1, -0.05) is 30.3 Å². The van der Waals surface area contributed by atoms with Crippen LogP contribution in [-0.2, 0) is 10.2 Å². The molecule has 1 atom stereocenters. The lowest BCUT2D eigenvalue weighted by Gasteiger charge is -2.27. The van der Waals surface area contributed by atoms with Crippen molar-refractivity contribution in [1.82, 2.24) is 4.98 Å². The fourth-order valence-corrected chi connectivity index (χ4v) is 1.91. The number of nitrogens with zero attached hydrogens (tertiary/aromatic N) is 1. The normalized spacial score (nSPS) is 13.9. The van der Waals surface area contributed by atoms with Crippen LogP contribution in [0, 0.1) is 0 Å². The molecule has 0 aliphatic heterocycles. The zero-order valence-corrected chi connectivity index (χ0v) is 9.63. The van der Waals surface area contributed by atoms with Crippen molar-refractivity contribution in [2.45, 2.75) is 12.3 Å². The van der Waals surface area contributed by atoms with Crippen LogP contribution in [0.25, 0.3) is 0 Å². The van der Waals surface area contributed by atoms with Gasteiger partial charge in [0, 0.05) is 12.4 Å². The third-order valence-electron chi connectivity index (χ3n) is 3.10. The van der Waals surface area contributed by atoms with E-state index in [1.54, 1.807) is 12.4 Å². The topological polar surface area (TPSA) is 56.0 Å². The lowest BCUT2D eigenvalue weighted by atomic mass is 9.76. The summed E-state index contributed by atoms with van der Waals surface area (Å²) in [6.45, 7) is 1.83. The van der Waals surface area contributed by atoms with Crippen molar-refractivity contribution in [3.63, 3.8) is 0 Å². The van der Waals surface area contributed by atoms with E-state index in [4.69, 9.17) is 5.73 Å². The first-order chi connectivity index (χ1) is 8.15. The number of primary amides is 1. The van der Waals surface area contributed by atoms with Crippen LogP contribution in [0.2, 0.25) is 0 Å². The van der Waals surface area contributed by atoms with Crippen LogP contribution in [0.15, 0.2) is 54.9 Å². The molecule has 0 aliphatic carbocycles. The molecule has 1 unspecified atom stereocenters. The third kappa shape index (κ3) is 1.91. The summed E-state index contributed by atoms with van der Waals surface area (Å²) in [5.41, 5.74) is 6.50. The molecule has 1 amide bonds. The van der Waals surface area contributed by atoms with Crippen molar-refractivity contribution >= 4 is 5.91 Å². The molecule has 3 nitrogen and oxygen atoms in total. The summed E-state index contributed by atoms with van der Waals surface area (Å²) >= 11 is 0. The molecule has 1 heterocycles. The maximum atomic E-state index is 11.8. The molecule has 2 N–H and O–H groups in total. The van der Waals surface area contributed by atoms with Gasteiger partial charge in [0.15, 0.2) is 0 Å². The van der Waals surface area contributed by atoms with Gasteiger partial charge in [-0.2, -0.15) is 0 Å². The molecule has 0 radical (unpaired) electrons. The highest BCUT2D eigenvalue weighted by Gasteiger charge is 2.34. The van der Waals surface area contributed by atoms with Crippen LogP contribution in [0.4, 0.5) is 0 Å². The number of hydrogen-bond donors (Lipinski definition) is 1. The Hall–Kier alpha value is -2.16. The Morgan fingerprint density at radius 3 is 2.12 bits per heavy atom. The highest BCUT2D eigenvalue weighted by Crippen LogP contribution is 2.31. The number of amides is 1. The van der Waals surface area contributed by atoms with E-state index in [-0.39, 0.29) is 5.91 Å². The van der Waals surface area contributed by atoms with E-state index >= 15 is 0 Å². The Morgan fingerprint density at radius 2 is 1.59 bits per heavy atom. The van der Waals surface area contributed by atoms with E-state index in [0.29, 0.717) is 0 Å². The molecule has 2 aromatic rings.